The summed E-state index contributed by atoms with van der Waals surface area (Å²) in [5.74, 6) is 5.60. The highest BCUT2D eigenvalue weighted by atomic mass is 16.2. The van der Waals surface area contributed by atoms with E-state index in [2.05, 4.69) is 32.7 Å². The van der Waals surface area contributed by atoms with E-state index in [1.165, 1.54) is 11.0 Å². The minimum atomic E-state index is -0.204. The van der Waals surface area contributed by atoms with Crippen LogP contribution >= 0.6 is 0 Å². The maximum absolute atomic E-state index is 11.8. The third-order valence-corrected chi connectivity index (χ3v) is 2.67. The summed E-state index contributed by atoms with van der Waals surface area (Å²) >= 11 is 0. The lowest BCUT2D eigenvalue weighted by molar-refractivity contribution is -0.116. The van der Waals surface area contributed by atoms with Crippen LogP contribution in [0.2, 0.25) is 0 Å². The van der Waals surface area contributed by atoms with E-state index in [0.29, 0.717) is 6.42 Å². The second-order valence-corrected chi connectivity index (χ2v) is 4.36. The minimum Gasteiger partial charge on any atom is -0.395 e. The smallest absolute Gasteiger partial charge is 0.246 e. The molecule has 1 aromatic heterocycles. The Morgan fingerprint density at radius 1 is 1.48 bits per heavy atom. The number of aromatic nitrogens is 4. The molecule has 2 rings (SSSR count). The van der Waals surface area contributed by atoms with Crippen LogP contribution in [0.25, 0.3) is 0 Å². The molecule has 1 amide bonds. The lowest BCUT2D eigenvalue weighted by Crippen LogP contribution is -2.19. The Bertz CT molecular complexity index is 670. The van der Waals surface area contributed by atoms with Crippen molar-refractivity contribution in [2.75, 3.05) is 11.9 Å². The molecule has 108 valence electrons. The molecule has 0 unspecified atom stereocenters. The molecule has 7 heteroatoms. The molecule has 0 aliphatic carbocycles. The first-order chi connectivity index (χ1) is 10.2. The molecular formula is C14H15N5O2. The van der Waals surface area contributed by atoms with Gasteiger partial charge in [-0.25, -0.2) is 4.68 Å². The number of nitrogens with one attached hydrogen (secondary N) is 1. The van der Waals surface area contributed by atoms with Gasteiger partial charge in [-0.3, -0.25) is 4.79 Å². The van der Waals surface area contributed by atoms with Gasteiger partial charge in [0.2, 0.25) is 5.91 Å². The van der Waals surface area contributed by atoms with E-state index in [4.69, 9.17) is 5.11 Å². The van der Waals surface area contributed by atoms with Crippen molar-refractivity contribution < 1.29 is 9.90 Å². The van der Waals surface area contributed by atoms with Crippen molar-refractivity contribution in [1.29, 1.82) is 0 Å². The third kappa shape index (κ3) is 4.40. The summed E-state index contributed by atoms with van der Waals surface area (Å²) in [6.45, 7) is 2.01. The molecule has 0 saturated carbocycles. The van der Waals surface area contributed by atoms with Gasteiger partial charge in [0.15, 0.2) is 0 Å². The first-order valence-corrected chi connectivity index (χ1v) is 6.40. The molecule has 0 fully saturated rings. The van der Waals surface area contributed by atoms with Crippen LogP contribution in [0.15, 0.2) is 24.5 Å². The van der Waals surface area contributed by atoms with Gasteiger partial charge in [-0.1, -0.05) is 11.8 Å². The lowest BCUT2D eigenvalue weighted by atomic mass is 10.1. The number of carbonyl (C=O) groups is 1. The topological polar surface area (TPSA) is 92.9 Å². The Hall–Kier alpha value is -2.72. The Kier molecular flexibility index (Phi) is 5.01. The van der Waals surface area contributed by atoms with Crippen molar-refractivity contribution in [3.63, 3.8) is 0 Å². The number of aliphatic hydroxyl groups is 1. The van der Waals surface area contributed by atoms with Gasteiger partial charge in [0.25, 0.3) is 0 Å². The molecule has 0 aliphatic heterocycles. The van der Waals surface area contributed by atoms with Gasteiger partial charge >= 0.3 is 0 Å². The van der Waals surface area contributed by atoms with E-state index in [9.17, 15) is 4.79 Å². The monoisotopic (exact) mass is 285 g/mol. The second kappa shape index (κ2) is 7.17. The Balaban J connectivity index is 2.01. The van der Waals surface area contributed by atoms with E-state index in [0.717, 1.165) is 16.8 Å². The summed E-state index contributed by atoms with van der Waals surface area (Å²) in [4.78, 5) is 11.8. The summed E-state index contributed by atoms with van der Waals surface area (Å²) in [6.07, 6.45) is 1.83. The van der Waals surface area contributed by atoms with Crippen molar-refractivity contribution >= 4 is 11.6 Å². The van der Waals surface area contributed by atoms with Gasteiger partial charge in [-0.15, -0.1) is 5.10 Å². The second-order valence-electron chi connectivity index (χ2n) is 4.36. The molecule has 0 bridgehead atoms. The van der Waals surface area contributed by atoms with E-state index >= 15 is 0 Å². The summed E-state index contributed by atoms with van der Waals surface area (Å²) in [5, 5.41) is 22.0. The van der Waals surface area contributed by atoms with Crippen molar-refractivity contribution in [3.8, 4) is 11.8 Å². The standard InChI is InChI=1S/C14H15N5O2/c1-11-8-12(4-2-3-7-20)5-6-13(11)16-14(21)9-19-10-15-17-18-19/h5-6,8,10,20H,3,7,9H2,1H3,(H,16,21). The fraction of sp³-hybridized carbons (Fsp3) is 0.286. The molecule has 0 spiro atoms. The normalized spacial score (nSPS) is 9.81. The Morgan fingerprint density at radius 3 is 3.00 bits per heavy atom. The number of tetrazole rings is 1. The highest BCUT2D eigenvalue weighted by Crippen LogP contribution is 2.16. The van der Waals surface area contributed by atoms with Crippen LogP contribution in [0.5, 0.6) is 0 Å². The van der Waals surface area contributed by atoms with Crippen LogP contribution in [-0.2, 0) is 11.3 Å². The Morgan fingerprint density at radius 2 is 2.33 bits per heavy atom. The average Bonchev–Trinajstić information content (AvgIpc) is 2.95. The molecule has 0 saturated heterocycles. The SMILES string of the molecule is Cc1cc(C#CCCO)ccc1NC(=O)Cn1cnnn1. The predicted octanol–water partition coefficient (Wildman–Crippen LogP) is 0.354. The molecule has 7 nitrogen and oxygen atoms in total. The van der Waals surface area contributed by atoms with Crippen LogP contribution < -0.4 is 5.32 Å². The van der Waals surface area contributed by atoms with Crippen molar-refractivity contribution in [1.82, 2.24) is 20.2 Å². The summed E-state index contributed by atoms with van der Waals surface area (Å²) < 4.78 is 1.35. The minimum absolute atomic E-state index is 0.0528. The zero-order valence-corrected chi connectivity index (χ0v) is 11.6. The fourth-order valence-electron chi connectivity index (χ4n) is 1.69. The number of anilines is 1. The largest absolute Gasteiger partial charge is 0.395 e. The third-order valence-electron chi connectivity index (χ3n) is 2.67. The number of nitrogens with zero attached hydrogens (tertiary/aromatic N) is 4. The van der Waals surface area contributed by atoms with E-state index in [-0.39, 0.29) is 19.1 Å². The maximum atomic E-state index is 11.8. The summed E-state index contributed by atoms with van der Waals surface area (Å²) in [6, 6.07) is 5.51. The van der Waals surface area contributed by atoms with Gasteiger partial charge < -0.3 is 10.4 Å². The van der Waals surface area contributed by atoms with Crippen LogP contribution in [0.4, 0.5) is 5.69 Å². The quantitative estimate of drug-likeness (QED) is 0.791. The number of rotatable bonds is 4. The van der Waals surface area contributed by atoms with Crippen LogP contribution in [-0.4, -0.2) is 37.8 Å². The highest BCUT2D eigenvalue weighted by Gasteiger charge is 2.06. The maximum Gasteiger partial charge on any atom is 0.246 e. The molecule has 0 atom stereocenters. The van der Waals surface area contributed by atoms with Crippen molar-refractivity contribution in [2.24, 2.45) is 0 Å². The van der Waals surface area contributed by atoms with Gasteiger partial charge in [0, 0.05) is 17.7 Å². The average molecular weight is 285 g/mol. The van der Waals surface area contributed by atoms with Gasteiger partial charge in [0.1, 0.15) is 12.9 Å². The number of aliphatic hydroxyl groups excluding tert-OH is 1. The first kappa shape index (κ1) is 14.7. The number of amides is 1. The zero-order chi connectivity index (χ0) is 15.1. The zero-order valence-electron chi connectivity index (χ0n) is 11.6. The highest BCUT2D eigenvalue weighted by molar-refractivity contribution is 5.91. The number of hydrogen-bond acceptors (Lipinski definition) is 5. The van der Waals surface area contributed by atoms with Crippen LogP contribution in [0, 0.1) is 18.8 Å². The first-order valence-electron chi connectivity index (χ1n) is 6.40. The molecule has 0 radical (unpaired) electrons. The van der Waals surface area contributed by atoms with Crippen LogP contribution in [0.3, 0.4) is 0 Å². The van der Waals surface area contributed by atoms with Crippen LogP contribution in [0.1, 0.15) is 17.5 Å². The fourth-order valence-corrected chi connectivity index (χ4v) is 1.69. The number of hydrogen-bond donors (Lipinski definition) is 2. The number of carbonyl (C=O) groups excluding carboxylic acids is 1. The van der Waals surface area contributed by atoms with Gasteiger partial charge in [0.05, 0.1) is 6.61 Å². The molecule has 21 heavy (non-hydrogen) atoms. The molecule has 1 heterocycles. The number of benzene rings is 1. The number of aryl methyl sites for hydroxylation is 1. The molecule has 2 aromatic rings. The van der Waals surface area contributed by atoms with Gasteiger partial charge in [-0.2, -0.15) is 0 Å². The van der Waals surface area contributed by atoms with Crippen molar-refractivity contribution in [2.45, 2.75) is 19.9 Å². The van der Waals surface area contributed by atoms with E-state index in [1.807, 2.05) is 19.1 Å². The summed E-state index contributed by atoms with van der Waals surface area (Å²) in [7, 11) is 0. The lowest BCUT2D eigenvalue weighted by Gasteiger charge is -2.08. The summed E-state index contributed by atoms with van der Waals surface area (Å²) in [5.41, 5.74) is 2.48. The Labute approximate surface area is 122 Å². The van der Waals surface area contributed by atoms with E-state index < -0.39 is 0 Å². The van der Waals surface area contributed by atoms with Gasteiger partial charge in [-0.05, 0) is 41.1 Å². The molecule has 2 N–H and O–H groups in total. The van der Waals surface area contributed by atoms with Crippen molar-refractivity contribution in [3.05, 3.63) is 35.7 Å². The van der Waals surface area contributed by atoms with E-state index in [1.54, 1.807) is 6.07 Å². The molecular weight excluding hydrogens is 270 g/mol. The molecule has 0 aliphatic rings. The molecule has 1 aromatic carbocycles. The predicted molar refractivity (Wildman–Crippen MR) is 76.2 cm³/mol.